The second-order valence-electron chi connectivity index (χ2n) is 33.4. The first-order chi connectivity index (χ1) is 49.9. The third-order valence-corrected chi connectivity index (χ3v) is 26.0. The normalized spacial score (nSPS) is 15.8. The number of para-hydroxylation sites is 2. The van der Waals surface area contributed by atoms with Crippen molar-refractivity contribution in [2.75, 3.05) is 4.90 Å². The summed E-state index contributed by atoms with van der Waals surface area (Å²) in [6.45, 7) is 26.5. The highest BCUT2D eigenvalue weighted by Gasteiger charge is 2.50. The second-order valence-corrected chi connectivity index (χ2v) is 33.4. The number of nitrogens with zero attached hydrogens (tertiary/aromatic N) is 1. The van der Waals surface area contributed by atoms with E-state index in [1.54, 1.807) is 11.1 Å². The molecule has 14 aromatic rings. The lowest BCUT2D eigenvalue weighted by atomic mass is 9.70. The second kappa shape index (κ2) is 23.3. The van der Waals surface area contributed by atoms with E-state index in [2.05, 4.69) is 299 Å². The van der Waals surface area contributed by atoms with E-state index in [4.69, 9.17) is 8.83 Å². The summed E-state index contributed by atoms with van der Waals surface area (Å²) < 4.78 is 14.3. The van der Waals surface area contributed by atoms with Crippen LogP contribution in [-0.4, -0.2) is 0 Å². The topological polar surface area (TPSA) is 29.5 Å². The molecule has 0 N–H and O–H groups in total. The van der Waals surface area contributed by atoms with Crippen LogP contribution in [0.5, 0.6) is 0 Å². The van der Waals surface area contributed by atoms with E-state index >= 15 is 0 Å². The number of aryl methyl sites for hydroxylation is 1. The number of hydrogen-bond acceptors (Lipinski definition) is 3. The molecule has 0 fully saturated rings. The molecule has 0 radical (unpaired) electrons. The van der Waals surface area contributed by atoms with Crippen LogP contribution in [0.4, 0.5) is 17.1 Å². The molecule has 0 aliphatic heterocycles. The Kier molecular flexibility index (Phi) is 14.4. The molecule has 510 valence electrons. The maximum Gasteiger partial charge on any atom is 0.144 e. The van der Waals surface area contributed by atoms with Crippen molar-refractivity contribution in [3.8, 4) is 77.9 Å². The van der Waals surface area contributed by atoms with Gasteiger partial charge >= 0.3 is 0 Å². The molecular formula is C100H93NO2. The molecule has 12 aromatic carbocycles. The van der Waals surface area contributed by atoms with Crippen LogP contribution in [0.2, 0.25) is 0 Å². The van der Waals surface area contributed by atoms with Crippen LogP contribution in [0.15, 0.2) is 227 Å². The van der Waals surface area contributed by atoms with Gasteiger partial charge < -0.3 is 13.7 Å². The molecule has 0 atom stereocenters. The Hall–Kier alpha value is -9.96. The fourth-order valence-electron chi connectivity index (χ4n) is 20.7. The van der Waals surface area contributed by atoms with Gasteiger partial charge in [0.25, 0.3) is 0 Å². The van der Waals surface area contributed by atoms with Crippen molar-refractivity contribution in [3.05, 3.63) is 280 Å². The Morgan fingerprint density at radius 2 is 0.728 bits per heavy atom. The van der Waals surface area contributed by atoms with E-state index in [0.717, 1.165) is 50.3 Å². The van der Waals surface area contributed by atoms with Crippen molar-refractivity contribution in [1.82, 2.24) is 0 Å². The highest BCUT2D eigenvalue weighted by molar-refractivity contribution is 6.22. The molecule has 19 rings (SSSR count). The predicted molar refractivity (Wildman–Crippen MR) is 435 cm³/mol. The van der Waals surface area contributed by atoms with Crippen molar-refractivity contribution in [3.63, 3.8) is 0 Å². The van der Waals surface area contributed by atoms with Gasteiger partial charge in [-0.3, -0.25) is 0 Å². The van der Waals surface area contributed by atoms with Gasteiger partial charge in [-0.15, -0.1) is 0 Å². The van der Waals surface area contributed by atoms with Crippen LogP contribution in [0, 0.1) is 6.92 Å². The largest absolute Gasteiger partial charge is 0.455 e. The van der Waals surface area contributed by atoms with Crippen LogP contribution in [0.1, 0.15) is 207 Å². The van der Waals surface area contributed by atoms with Crippen molar-refractivity contribution in [2.24, 2.45) is 0 Å². The number of rotatable bonds is 17. The summed E-state index contributed by atoms with van der Waals surface area (Å²) in [5.41, 5.74) is 39.4. The molecule has 0 saturated heterocycles. The number of anilines is 3. The Morgan fingerprint density at radius 1 is 0.301 bits per heavy atom. The SMILES string of the molecule is CCCCCCCC1(CCCCCCC)c2ccccc2-c2ccc(-c3ccc4c(c3)C(C)(C)c3cc(-c5cc6c(c7c5oc5ccccc57)-c5ccc(N(c7ccc(C)cc7)c7ccc8c(c7)C(C)(C)c7c9c(c%10oc%11ccccc%11c%10c7-8)-c7ccccc7C9(C)C)cc5C6(C)C)ccc3-4)cc21. The van der Waals surface area contributed by atoms with Gasteiger partial charge in [0.15, 0.2) is 0 Å². The smallest absolute Gasteiger partial charge is 0.144 e. The minimum absolute atomic E-state index is 0.0333. The molecule has 0 saturated carbocycles. The molecule has 5 aliphatic rings. The summed E-state index contributed by atoms with van der Waals surface area (Å²) in [6, 6.07) is 84.4. The molecule has 3 heteroatoms. The van der Waals surface area contributed by atoms with E-state index in [1.807, 2.05) is 0 Å². The summed E-state index contributed by atoms with van der Waals surface area (Å²) in [5.74, 6) is 0. The van der Waals surface area contributed by atoms with Gasteiger partial charge in [-0.1, -0.05) is 285 Å². The standard InChI is InChI=1S/C100H93NO2/c1-12-14-16-18-28-52-100(53-29-19-17-15-13-2)78-35-25-20-30-67(78)70-48-41-62(55-83(70)100)61-40-47-68-69-49-42-63(56-80(69)96(4,5)79(68)54-61)76-59-84-87(89-74-32-22-26-36-85(74)102-94(76)89)72-50-45-65(57-81(72)97(84,6)7)101(64-43-38-60(3)39-44-64)66-46-51-73-82(58-66)99(10,11)92-88(73)90-75-33-23-27-37-86(75)103-95(90)91-71-31-21-24-34-77(71)98(8,9)93(91)92/h20-27,30-51,54-59H,12-19,28-29,52-53H2,1-11H3. The third-order valence-electron chi connectivity index (χ3n) is 26.0. The highest BCUT2D eigenvalue weighted by atomic mass is 16.3. The Balaban J connectivity index is 0.699. The molecule has 0 unspecified atom stereocenters. The summed E-state index contributed by atoms with van der Waals surface area (Å²) >= 11 is 0. The number of unbranched alkanes of at least 4 members (excludes halogenated alkanes) is 8. The van der Waals surface area contributed by atoms with Gasteiger partial charge in [-0.2, -0.15) is 0 Å². The predicted octanol–water partition coefficient (Wildman–Crippen LogP) is 28.8. The lowest BCUT2D eigenvalue weighted by Gasteiger charge is -2.33. The van der Waals surface area contributed by atoms with Crippen molar-refractivity contribution >= 4 is 60.9 Å². The van der Waals surface area contributed by atoms with Crippen LogP contribution >= 0.6 is 0 Å². The molecule has 5 aliphatic carbocycles. The van der Waals surface area contributed by atoms with Crippen LogP contribution in [-0.2, 0) is 27.1 Å². The van der Waals surface area contributed by atoms with E-state index < -0.39 is 0 Å². The fourth-order valence-corrected chi connectivity index (χ4v) is 20.7. The molecule has 0 spiro atoms. The van der Waals surface area contributed by atoms with Crippen molar-refractivity contribution in [2.45, 2.75) is 180 Å². The lowest BCUT2D eigenvalue weighted by Crippen LogP contribution is -2.25. The maximum absolute atomic E-state index is 7.23. The van der Waals surface area contributed by atoms with E-state index in [9.17, 15) is 0 Å². The molecule has 103 heavy (non-hydrogen) atoms. The van der Waals surface area contributed by atoms with Gasteiger partial charge in [-0.25, -0.2) is 0 Å². The minimum Gasteiger partial charge on any atom is -0.455 e. The van der Waals surface area contributed by atoms with Gasteiger partial charge in [-0.05, 0) is 215 Å². The van der Waals surface area contributed by atoms with Crippen LogP contribution < -0.4 is 4.90 Å². The fraction of sp³-hybridized carbons (Fsp3) is 0.280. The summed E-state index contributed by atoms with van der Waals surface area (Å²) in [6.07, 6.45) is 15.4. The Bertz CT molecular complexity index is 5860. The Labute approximate surface area is 608 Å². The van der Waals surface area contributed by atoms with Crippen molar-refractivity contribution < 1.29 is 8.83 Å². The molecule has 0 bridgehead atoms. The maximum atomic E-state index is 7.23. The van der Waals surface area contributed by atoms with Crippen LogP contribution in [0.25, 0.3) is 122 Å². The monoisotopic (exact) mass is 1340 g/mol. The van der Waals surface area contributed by atoms with E-state index in [-0.39, 0.29) is 27.1 Å². The molecule has 3 nitrogen and oxygen atoms in total. The zero-order valence-corrected chi connectivity index (χ0v) is 62.0. The zero-order valence-electron chi connectivity index (χ0n) is 62.0. The molecular weight excluding hydrogens is 1250 g/mol. The first-order valence-electron chi connectivity index (χ1n) is 38.8. The van der Waals surface area contributed by atoms with Crippen LogP contribution in [0.3, 0.4) is 0 Å². The van der Waals surface area contributed by atoms with Gasteiger partial charge in [0, 0.05) is 76.8 Å². The first kappa shape index (κ1) is 63.9. The molecule has 0 amide bonds. The summed E-state index contributed by atoms with van der Waals surface area (Å²) in [4.78, 5) is 2.51. The van der Waals surface area contributed by atoms with E-state index in [1.165, 1.54) is 216 Å². The number of furan rings is 2. The molecule has 2 heterocycles. The number of benzene rings is 12. The van der Waals surface area contributed by atoms with Gasteiger partial charge in [0.05, 0.1) is 0 Å². The highest BCUT2D eigenvalue weighted by Crippen LogP contribution is 2.65. The lowest BCUT2D eigenvalue weighted by molar-refractivity contribution is 0.399. The van der Waals surface area contributed by atoms with Gasteiger partial charge in [0.2, 0.25) is 0 Å². The molecule has 2 aromatic heterocycles. The summed E-state index contributed by atoms with van der Waals surface area (Å²) in [5, 5.41) is 4.74. The average Bonchev–Trinajstić information content (AvgIpc) is 1.49. The Morgan fingerprint density at radius 3 is 1.36 bits per heavy atom. The average molecular weight is 1340 g/mol. The third kappa shape index (κ3) is 9.18. The zero-order chi connectivity index (χ0) is 70.2. The van der Waals surface area contributed by atoms with Gasteiger partial charge in [0.1, 0.15) is 22.3 Å². The number of fused-ring (bicyclic) bond motifs is 25. The minimum atomic E-state index is -0.377. The quantitative estimate of drug-likeness (QED) is 0.0851. The van der Waals surface area contributed by atoms with Crippen molar-refractivity contribution in [1.29, 1.82) is 0 Å². The first-order valence-corrected chi connectivity index (χ1v) is 38.8. The summed E-state index contributed by atoms with van der Waals surface area (Å²) in [7, 11) is 0. The number of hydrogen-bond donors (Lipinski definition) is 0. The van der Waals surface area contributed by atoms with E-state index in [0.29, 0.717) is 0 Å².